The van der Waals surface area contributed by atoms with Crippen molar-refractivity contribution in [2.45, 2.75) is 6.18 Å². The van der Waals surface area contributed by atoms with Crippen molar-refractivity contribution in [1.82, 2.24) is 4.98 Å². The summed E-state index contributed by atoms with van der Waals surface area (Å²) in [6, 6.07) is 0.877. The molecule has 3 nitrogen and oxygen atoms in total. The summed E-state index contributed by atoms with van der Waals surface area (Å²) in [5.74, 6) is 0.331. The van der Waals surface area contributed by atoms with Crippen molar-refractivity contribution < 1.29 is 13.2 Å². The first-order valence-corrected chi connectivity index (χ1v) is 3.82. The second kappa shape index (κ2) is 3.36. The first kappa shape index (κ1) is 10.6. The first-order valence-electron chi connectivity index (χ1n) is 3.82. The predicted molar refractivity (Wildman–Crippen MR) is 48.0 cm³/mol. The van der Waals surface area contributed by atoms with Crippen molar-refractivity contribution >= 4 is 11.5 Å². The summed E-state index contributed by atoms with van der Waals surface area (Å²) in [5, 5.41) is 0. The van der Waals surface area contributed by atoms with Gasteiger partial charge in [0.05, 0.1) is 11.3 Å². The molecule has 0 aliphatic carbocycles. The van der Waals surface area contributed by atoms with Gasteiger partial charge in [-0.15, -0.1) is 0 Å². The zero-order valence-corrected chi connectivity index (χ0v) is 7.76. The zero-order valence-electron chi connectivity index (χ0n) is 7.76. The minimum Gasteiger partial charge on any atom is -0.396 e. The molecular formula is C8H10F3N3. The van der Waals surface area contributed by atoms with Crippen LogP contribution in [0.2, 0.25) is 0 Å². The van der Waals surface area contributed by atoms with Gasteiger partial charge >= 0.3 is 6.18 Å². The van der Waals surface area contributed by atoms with Crippen molar-refractivity contribution in [3.05, 3.63) is 17.8 Å². The lowest BCUT2D eigenvalue weighted by molar-refractivity contribution is -0.137. The molecule has 14 heavy (non-hydrogen) atoms. The molecule has 0 unspecified atom stereocenters. The molecule has 2 N–H and O–H groups in total. The third-order valence-corrected chi connectivity index (χ3v) is 1.65. The highest BCUT2D eigenvalue weighted by Gasteiger charge is 2.31. The van der Waals surface area contributed by atoms with Crippen LogP contribution in [0.25, 0.3) is 0 Å². The molecule has 0 amide bonds. The molecule has 0 aliphatic rings. The van der Waals surface area contributed by atoms with Crippen molar-refractivity contribution in [3.8, 4) is 0 Å². The Balaban J connectivity index is 3.13. The lowest BCUT2D eigenvalue weighted by atomic mass is 10.2. The SMILES string of the molecule is CN(C)c1ncc(C(F)(F)F)cc1N. The summed E-state index contributed by atoms with van der Waals surface area (Å²) >= 11 is 0. The van der Waals surface area contributed by atoms with E-state index >= 15 is 0 Å². The minimum absolute atomic E-state index is 0.0184. The van der Waals surface area contributed by atoms with Gasteiger partial charge in [-0.2, -0.15) is 13.2 Å². The van der Waals surface area contributed by atoms with E-state index in [2.05, 4.69) is 4.98 Å². The molecular weight excluding hydrogens is 195 g/mol. The van der Waals surface area contributed by atoms with Crippen molar-refractivity contribution in [1.29, 1.82) is 0 Å². The molecule has 1 rings (SSSR count). The Morgan fingerprint density at radius 1 is 1.36 bits per heavy atom. The van der Waals surface area contributed by atoms with Gasteiger partial charge in [0.1, 0.15) is 0 Å². The van der Waals surface area contributed by atoms with Crippen LogP contribution < -0.4 is 10.6 Å². The van der Waals surface area contributed by atoms with Gasteiger partial charge in [-0.25, -0.2) is 4.98 Å². The Kier molecular flexibility index (Phi) is 2.55. The van der Waals surface area contributed by atoms with Gasteiger partial charge in [-0.3, -0.25) is 0 Å². The van der Waals surface area contributed by atoms with E-state index in [-0.39, 0.29) is 5.69 Å². The third-order valence-electron chi connectivity index (χ3n) is 1.65. The van der Waals surface area contributed by atoms with E-state index in [4.69, 9.17) is 5.73 Å². The molecule has 1 aromatic heterocycles. The summed E-state index contributed by atoms with van der Waals surface area (Å²) in [6.07, 6.45) is -3.63. The Morgan fingerprint density at radius 3 is 2.29 bits per heavy atom. The summed E-state index contributed by atoms with van der Waals surface area (Å²) in [4.78, 5) is 5.18. The molecule has 0 spiro atoms. The maximum atomic E-state index is 12.2. The fourth-order valence-corrected chi connectivity index (χ4v) is 1.00. The highest BCUT2D eigenvalue weighted by molar-refractivity contribution is 5.62. The Bertz CT molecular complexity index is 333. The highest BCUT2D eigenvalue weighted by Crippen LogP contribution is 2.31. The van der Waals surface area contributed by atoms with Crippen LogP contribution in [0.15, 0.2) is 12.3 Å². The number of hydrogen-bond donors (Lipinski definition) is 1. The van der Waals surface area contributed by atoms with E-state index in [1.807, 2.05) is 0 Å². The summed E-state index contributed by atoms with van der Waals surface area (Å²) in [6.45, 7) is 0. The molecule has 1 heterocycles. The topological polar surface area (TPSA) is 42.2 Å². The van der Waals surface area contributed by atoms with Gasteiger partial charge in [0.2, 0.25) is 0 Å². The number of nitrogen functional groups attached to an aromatic ring is 1. The Labute approximate surface area is 79.3 Å². The fourth-order valence-electron chi connectivity index (χ4n) is 1.00. The molecule has 0 atom stereocenters. The van der Waals surface area contributed by atoms with Gasteiger partial charge in [-0.1, -0.05) is 0 Å². The Morgan fingerprint density at radius 2 is 1.93 bits per heavy atom. The van der Waals surface area contributed by atoms with Crippen LogP contribution in [-0.4, -0.2) is 19.1 Å². The smallest absolute Gasteiger partial charge is 0.396 e. The maximum absolute atomic E-state index is 12.2. The third kappa shape index (κ3) is 2.07. The maximum Gasteiger partial charge on any atom is 0.417 e. The minimum atomic E-state index is -4.40. The normalized spacial score (nSPS) is 11.5. The molecule has 1 aromatic rings. The van der Waals surface area contributed by atoms with Gasteiger partial charge in [0.25, 0.3) is 0 Å². The quantitative estimate of drug-likeness (QED) is 0.759. The second-order valence-corrected chi connectivity index (χ2v) is 3.03. The number of alkyl halides is 3. The van der Waals surface area contributed by atoms with Crippen molar-refractivity contribution in [2.24, 2.45) is 0 Å². The van der Waals surface area contributed by atoms with Gasteiger partial charge < -0.3 is 10.6 Å². The number of nitrogens with zero attached hydrogens (tertiary/aromatic N) is 2. The average Bonchev–Trinajstić information content (AvgIpc) is 2.01. The van der Waals surface area contributed by atoms with E-state index in [0.29, 0.717) is 5.82 Å². The van der Waals surface area contributed by atoms with Gasteiger partial charge in [-0.05, 0) is 6.07 Å². The molecule has 0 fully saturated rings. The number of pyridine rings is 1. The van der Waals surface area contributed by atoms with Gasteiger partial charge in [0, 0.05) is 20.3 Å². The largest absolute Gasteiger partial charge is 0.417 e. The molecule has 0 saturated heterocycles. The summed E-state index contributed by atoms with van der Waals surface area (Å²) in [7, 11) is 3.32. The monoisotopic (exact) mass is 205 g/mol. The van der Waals surface area contributed by atoms with Crippen molar-refractivity contribution in [2.75, 3.05) is 24.7 Å². The molecule has 0 aromatic carbocycles. The molecule has 0 saturated carbocycles. The van der Waals surface area contributed by atoms with Crippen LogP contribution in [0.5, 0.6) is 0 Å². The average molecular weight is 205 g/mol. The predicted octanol–water partition coefficient (Wildman–Crippen LogP) is 1.75. The molecule has 0 aliphatic heterocycles. The van der Waals surface area contributed by atoms with Crippen LogP contribution in [0.4, 0.5) is 24.7 Å². The number of hydrogen-bond acceptors (Lipinski definition) is 3. The summed E-state index contributed by atoms with van der Waals surface area (Å²) in [5.41, 5.74) is 4.60. The fraction of sp³-hybridized carbons (Fsp3) is 0.375. The number of rotatable bonds is 1. The second-order valence-electron chi connectivity index (χ2n) is 3.03. The van der Waals surface area contributed by atoms with Crippen LogP contribution in [0, 0.1) is 0 Å². The molecule has 6 heteroatoms. The number of aromatic nitrogens is 1. The number of anilines is 2. The number of nitrogens with two attached hydrogens (primary N) is 1. The van der Waals surface area contributed by atoms with E-state index in [1.165, 1.54) is 0 Å². The van der Waals surface area contributed by atoms with Crippen LogP contribution in [0.1, 0.15) is 5.56 Å². The molecule has 0 radical (unpaired) electrons. The Hall–Kier alpha value is -1.46. The number of halogens is 3. The van der Waals surface area contributed by atoms with E-state index < -0.39 is 11.7 Å². The lowest BCUT2D eigenvalue weighted by Crippen LogP contribution is -2.15. The van der Waals surface area contributed by atoms with E-state index in [9.17, 15) is 13.2 Å². The molecule has 0 bridgehead atoms. The first-order chi connectivity index (χ1) is 6.32. The zero-order chi connectivity index (χ0) is 10.9. The van der Waals surface area contributed by atoms with Crippen LogP contribution >= 0.6 is 0 Å². The molecule has 78 valence electrons. The van der Waals surface area contributed by atoms with Crippen LogP contribution in [0.3, 0.4) is 0 Å². The van der Waals surface area contributed by atoms with E-state index in [1.54, 1.807) is 19.0 Å². The lowest BCUT2D eigenvalue weighted by Gasteiger charge is -2.15. The standard InChI is InChI=1S/C8H10F3N3/c1-14(2)7-6(12)3-5(4-13-7)8(9,10)11/h3-4H,12H2,1-2H3. The van der Waals surface area contributed by atoms with Gasteiger partial charge in [0.15, 0.2) is 5.82 Å². The summed E-state index contributed by atoms with van der Waals surface area (Å²) < 4.78 is 36.6. The van der Waals surface area contributed by atoms with Crippen molar-refractivity contribution in [3.63, 3.8) is 0 Å². The van der Waals surface area contributed by atoms with E-state index in [0.717, 1.165) is 12.3 Å². The highest BCUT2D eigenvalue weighted by atomic mass is 19.4. The van der Waals surface area contributed by atoms with Crippen LogP contribution in [-0.2, 0) is 6.18 Å².